The molecule has 0 saturated carbocycles. The molecule has 0 aromatic carbocycles. The Balaban J connectivity index is 1.44. The van der Waals surface area contributed by atoms with Crippen molar-refractivity contribution in [3.63, 3.8) is 0 Å². The predicted molar refractivity (Wildman–Crippen MR) is 110 cm³/mol. The molecule has 5 heterocycles. The third kappa shape index (κ3) is 2.90. The van der Waals surface area contributed by atoms with Crippen molar-refractivity contribution < 1.29 is 4.74 Å². The van der Waals surface area contributed by atoms with Crippen LogP contribution < -0.4 is 5.32 Å². The van der Waals surface area contributed by atoms with Crippen LogP contribution in [0.1, 0.15) is 26.5 Å². The van der Waals surface area contributed by atoms with Crippen LogP contribution in [0.15, 0.2) is 47.0 Å². The van der Waals surface area contributed by atoms with Crippen LogP contribution in [-0.4, -0.2) is 53.1 Å². The van der Waals surface area contributed by atoms with Gasteiger partial charge in [0.05, 0.1) is 35.9 Å². The summed E-state index contributed by atoms with van der Waals surface area (Å²) >= 11 is 6.35. The molecule has 4 aliphatic rings. The summed E-state index contributed by atoms with van der Waals surface area (Å²) in [4.78, 5) is 14.2. The SMILES string of the molecule is CC(C)(C)C1=NC2C(=C(N3CC4(COC4)C3)N1)C=CN2Cc1ncccc1Cl. The van der Waals surface area contributed by atoms with Crippen LogP contribution in [0.25, 0.3) is 0 Å². The Bertz CT molecular complexity index is 888. The van der Waals surface area contributed by atoms with Crippen molar-refractivity contribution in [2.75, 3.05) is 26.3 Å². The van der Waals surface area contributed by atoms with Gasteiger partial charge in [-0.25, -0.2) is 4.99 Å². The van der Waals surface area contributed by atoms with Gasteiger partial charge in [0.25, 0.3) is 0 Å². The molecule has 4 aliphatic heterocycles. The number of aliphatic imine (C=N–C) groups is 1. The van der Waals surface area contributed by atoms with Crippen molar-refractivity contribution in [3.8, 4) is 0 Å². The zero-order chi connectivity index (χ0) is 19.5. The van der Waals surface area contributed by atoms with E-state index in [0.29, 0.717) is 17.0 Å². The lowest BCUT2D eigenvalue weighted by molar-refractivity contribution is -0.181. The molecule has 1 spiro atoms. The van der Waals surface area contributed by atoms with E-state index in [1.165, 1.54) is 11.4 Å². The number of fused-ring (bicyclic) bond motifs is 1. The lowest BCUT2D eigenvalue weighted by atomic mass is 9.78. The number of hydrogen-bond donors (Lipinski definition) is 1. The normalized spacial score (nSPS) is 25.3. The van der Waals surface area contributed by atoms with E-state index in [2.05, 4.69) is 53.1 Å². The first-order valence-electron chi connectivity index (χ1n) is 9.80. The summed E-state index contributed by atoms with van der Waals surface area (Å²) in [6.45, 7) is 11.1. The molecule has 1 atom stereocenters. The summed E-state index contributed by atoms with van der Waals surface area (Å²) < 4.78 is 5.44. The average molecular weight is 400 g/mol. The second-order valence-electron chi connectivity index (χ2n) is 9.30. The average Bonchev–Trinajstić information content (AvgIpc) is 2.97. The third-order valence-electron chi connectivity index (χ3n) is 5.86. The number of aromatic nitrogens is 1. The number of pyridine rings is 1. The summed E-state index contributed by atoms with van der Waals surface area (Å²) in [6, 6.07) is 3.75. The minimum absolute atomic E-state index is 0.0438. The predicted octanol–water partition coefficient (Wildman–Crippen LogP) is 2.98. The van der Waals surface area contributed by atoms with Crippen LogP contribution >= 0.6 is 11.6 Å². The van der Waals surface area contributed by atoms with Gasteiger partial charge in [0.15, 0.2) is 6.17 Å². The molecular weight excluding hydrogens is 374 g/mol. The Morgan fingerprint density at radius 2 is 2.11 bits per heavy atom. The first-order chi connectivity index (χ1) is 13.3. The highest BCUT2D eigenvalue weighted by Crippen LogP contribution is 2.42. The number of nitrogens with one attached hydrogen (secondary N) is 1. The van der Waals surface area contributed by atoms with Crippen LogP contribution in [0.5, 0.6) is 0 Å². The molecule has 148 valence electrons. The fraction of sp³-hybridized carbons (Fsp3) is 0.524. The van der Waals surface area contributed by atoms with Gasteiger partial charge in [-0.05, 0) is 18.2 Å². The van der Waals surface area contributed by atoms with Gasteiger partial charge in [-0.3, -0.25) is 4.98 Å². The molecule has 6 nitrogen and oxygen atoms in total. The van der Waals surface area contributed by atoms with Crippen molar-refractivity contribution in [2.24, 2.45) is 15.8 Å². The fourth-order valence-electron chi connectivity index (χ4n) is 4.19. The maximum Gasteiger partial charge on any atom is 0.152 e. The number of hydrogen-bond acceptors (Lipinski definition) is 6. The van der Waals surface area contributed by atoms with Gasteiger partial charge < -0.3 is 19.9 Å². The standard InChI is InChI=1S/C21H26ClN5O/c1-20(2,3)19-24-17-14(18(25-19)27-10-21(11-27)12-28-13-21)6-8-26(17)9-16-15(22)5-4-7-23-16/h4-8,17H,9-13H2,1-3H3,(H,24,25). The highest BCUT2D eigenvalue weighted by molar-refractivity contribution is 6.31. The Labute approximate surface area is 170 Å². The van der Waals surface area contributed by atoms with E-state index in [1.807, 2.05) is 12.1 Å². The van der Waals surface area contributed by atoms with E-state index in [9.17, 15) is 0 Å². The van der Waals surface area contributed by atoms with Crippen molar-refractivity contribution >= 4 is 17.4 Å². The lowest BCUT2D eigenvalue weighted by Gasteiger charge is -2.57. The van der Waals surface area contributed by atoms with Crippen molar-refractivity contribution in [1.29, 1.82) is 0 Å². The van der Waals surface area contributed by atoms with E-state index in [4.69, 9.17) is 21.3 Å². The molecule has 5 rings (SSSR count). The van der Waals surface area contributed by atoms with Gasteiger partial charge in [-0.1, -0.05) is 32.4 Å². The van der Waals surface area contributed by atoms with E-state index in [0.717, 1.165) is 37.8 Å². The molecule has 1 unspecified atom stereocenters. The van der Waals surface area contributed by atoms with Crippen LogP contribution in [-0.2, 0) is 11.3 Å². The van der Waals surface area contributed by atoms with Gasteiger partial charge in [0, 0.05) is 36.5 Å². The Morgan fingerprint density at radius 1 is 1.32 bits per heavy atom. The first kappa shape index (κ1) is 18.0. The molecule has 2 saturated heterocycles. The quantitative estimate of drug-likeness (QED) is 0.846. The monoisotopic (exact) mass is 399 g/mol. The van der Waals surface area contributed by atoms with Crippen molar-refractivity contribution in [3.05, 3.63) is 52.7 Å². The van der Waals surface area contributed by atoms with Crippen molar-refractivity contribution in [1.82, 2.24) is 20.1 Å². The number of rotatable bonds is 3. The molecule has 2 fully saturated rings. The molecule has 28 heavy (non-hydrogen) atoms. The third-order valence-corrected chi connectivity index (χ3v) is 6.21. The van der Waals surface area contributed by atoms with Crippen LogP contribution in [0.2, 0.25) is 5.02 Å². The number of ether oxygens (including phenoxy) is 1. The van der Waals surface area contributed by atoms with E-state index in [-0.39, 0.29) is 11.6 Å². The zero-order valence-electron chi connectivity index (χ0n) is 16.6. The summed E-state index contributed by atoms with van der Waals surface area (Å²) in [7, 11) is 0. The molecule has 0 aliphatic carbocycles. The van der Waals surface area contributed by atoms with Crippen LogP contribution in [0.4, 0.5) is 0 Å². The van der Waals surface area contributed by atoms with E-state index < -0.39 is 0 Å². The maximum absolute atomic E-state index is 6.35. The first-order valence-corrected chi connectivity index (χ1v) is 10.2. The molecule has 1 N–H and O–H groups in total. The van der Waals surface area contributed by atoms with Gasteiger partial charge in [0.1, 0.15) is 11.7 Å². The number of likely N-dealkylation sites (tertiary alicyclic amines) is 1. The summed E-state index contributed by atoms with van der Waals surface area (Å²) in [5.41, 5.74) is 2.40. The highest BCUT2D eigenvalue weighted by Gasteiger charge is 2.51. The number of amidine groups is 1. The lowest BCUT2D eigenvalue weighted by Crippen LogP contribution is -2.67. The van der Waals surface area contributed by atoms with Crippen molar-refractivity contribution in [2.45, 2.75) is 33.5 Å². The number of halogens is 1. The van der Waals surface area contributed by atoms with Gasteiger partial charge in [-0.15, -0.1) is 0 Å². The second-order valence-corrected chi connectivity index (χ2v) is 9.71. The summed E-state index contributed by atoms with van der Waals surface area (Å²) in [5.74, 6) is 2.20. The molecule has 7 heteroatoms. The molecule has 1 aromatic rings. The Kier molecular flexibility index (Phi) is 4.00. The zero-order valence-corrected chi connectivity index (χ0v) is 17.3. The molecule has 0 amide bonds. The van der Waals surface area contributed by atoms with Gasteiger partial charge >= 0.3 is 0 Å². The Morgan fingerprint density at radius 3 is 2.75 bits per heavy atom. The smallest absolute Gasteiger partial charge is 0.152 e. The van der Waals surface area contributed by atoms with E-state index in [1.54, 1.807) is 6.20 Å². The minimum Gasteiger partial charge on any atom is -0.380 e. The summed E-state index contributed by atoms with van der Waals surface area (Å²) in [5, 5.41) is 4.34. The maximum atomic E-state index is 6.35. The van der Waals surface area contributed by atoms with Crippen LogP contribution in [0.3, 0.4) is 0 Å². The molecule has 0 radical (unpaired) electrons. The van der Waals surface area contributed by atoms with Gasteiger partial charge in [0.2, 0.25) is 0 Å². The van der Waals surface area contributed by atoms with E-state index >= 15 is 0 Å². The topological polar surface area (TPSA) is 53.0 Å². The minimum atomic E-state index is -0.0597. The summed E-state index contributed by atoms with van der Waals surface area (Å²) in [6.07, 6.45) is 6.03. The second kappa shape index (κ2) is 6.22. The van der Waals surface area contributed by atoms with Gasteiger partial charge in [-0.2, -0.15) is 0 Å². The Hall–Kier alpha value is -2.05. The number of nitrogens with zero attached hydrogens (tertiary/aromatic N) is 4. The van der Waals surface area contributed by atoms with Crippen LogP contribution in [0, 0.1) is 10.8 Å². The molecule has 1 aromatic heterocycles. The molecule has 0 bridgehead atoms. The highest BCUT2D eigenvalue weighted by atomic mass is 35.5. The molecular formula is C21H26ClN5O. The fourth-order valence-corrected chi connectivity index (χ4v) is 4.37. The largest absolute Gasteiger partial charge is 0.380 e.